The molecule has 10 heteroatoms. The van der Waals surface area contributed by atoms with Crippen molar-refractivity contribution < 1.29 is 26.3 Å². The SMILES string of the molecule is CN(C)C1=NC(C(F)(F)F)(C(F)(F)F)[Se][Se]1. The normalized spacial score (nSPS) is 20.9. The molecule has 0 bridgehead atoms. The Morgan fingerprint density at radius 2 is 1.50 bits per heavy atom. The summed E-state index contributed by atoms with van der Waals surface area (Å²) in [5, 5.41) is 0. The molecular weight excluding hydrogens is 372 g/mol. The molecule has 0 aliphatic carbocycles. The average Bonchev–Trinajstić information content (AvgIpc) is 2.44. The molecule has 0 aromatic carbocycles. The summed E-state index contributed by atoms with van der Waals surface area (Å²) in [5.74, 6) is 0. The zero-order valence-corrected chi connectivity index (χ0v) is 11.4. The quantitative estimate of drug-likeness (QED) is 0.455. The van der Waals surface area contributed by atoms with Crippen LogP contribution in [-0.4, -0.2) is 66.8 Å². The van der Waals surface area contributed by atoms with Crippen molar-refractivity contribution in [2.45, 2.75) is 16.8 Å². The van der Waals surface area contributed by atoms with Gasteiger partial charge in [0.1, 0.15) is 0 Å². The summed E-state index contributed by atoms with van der Waals surface area (Å²) in [6.07, 6.45) is -10.7. The Balaban J connectivity index is 3.22. The maximum absolute atomic E-state index is 12.5. The van der Waals surface area contributed by atoms with Crippen molar-refractivity contribution in [3.63, 3.8) is 0 Å². The van der Waals surface area contributed by atoms with Crippen molar-refractivity contribution >= 4 is 31.0 Å². The van der Waals surface area contributed by atoms with Crippen LogP contribution >= 0.6 is 0 Å². The van der Waals surface area contributed by atoms with Gasteiger partial charge in [0.25, 0.3) is 0 Å². The molecule has 1 aliphatic heterocycles. The van der Waals surface area contributed by atoms with Gasteiger partial charge in [0.15, 0.2) is 0 Å². The number of hydrogen-bond donors (Lipinski definition) is 0. The molecule has 0 radical (unpaired) electrons. The fraction of sp³-hybridized carbons (Fsp3) is 0.833. The second kappa shape index (κ2) is 4.08. The number of aliphatic imine (C=N–C) groups is 1. The molecule has 2 nitrogen and oxygen atoms in total. The number of halogens is 6. The second-order valence-electron chi connectivity index (χ2n) is 3.10. The molecule has 0 unspecified atom stereocenters. The first kappa shape index (κ1) is 14.2. The number of amidine groups is 1. The van der Waals surface area contributed by atoms with Crippen molar-refractivity contribution in [1.29, 1.82) is 0 Å². The van der Waals surface area contributed by atoms with Gasteiger partial charge in [-0.2, -0.15) is 0 Å². The van der Waals surface area contributed by atoms with E-state index in [0.717, 1.165) is 0 Å². The third-order valence-electron chi connectivity index (χ3n) is 1.64. The maximum atomic E-state index is 12.5. The van der Waals surface area contributed by atoms with Gasteiger partial charge in [-0.05, 0) is 0 Å². The van der Waals surface area contributed by atoms with E-state index in [-0.39, 0.29) is 4.73 Å². The third-order valence-corrected chi connectivity index (χ3v) is 9.92. The van der Waals surface area contributed by atoms with Gasteiger partial charge in [-0.15, -0.1) is 0 Å². The van der Waals surface area contributed by atoms with Crippen LogP contribution in [0.1, 0.15) is 0 Å². The van der Waals surface area contributed by atoms with Crippen LogP contribution in [0.15, 0.2) is 4.99 Å². The predicted molar refractivity (Wildman–Crippen MR) is 47.5 cm³/mol. The van der Waals surface area contributed by atoms with Gasteiger partial charge in [0.05, 0.1) is 0 Å². The Kier molecular flexibility index (Phi) is 3.61. The van der Waals surface area contributed by atoms with E-state index in [4.69, 9.17) is 0 Å². The third kappa shape index (κ3) is 2.20. The molecule has 1 aliphatic rings. The molecule has 0 saturated carbocycles. The van der Waals surface area contributed by atoms with E-state index < -0.39 is 43.1 Å². The number of nitrogens with zero attached hydrogens (tertiary/aromatic N) is 2. The molecule has 0 fully saturated rings. The van der Waals surface area contributed by atoms with Crippen LogP contribution in [-0.2, 0) is 0 Å². The van der Waals surface area contributed by atoms with Crippen LogP contribution in [0.25, 0.3) is 0 Å². The molecule has 0 N–H and O–H groups in total. The summed E-state index contributed by atoms with van der Waals surface area (Å²) in [4.78, 5) is 4.12. The Morgan fingerprint density at radius 1 is 1.06 bits per heavy atom. The summed E-state index contributed by atoms with van der Waals surface area (Å²) in [6.45, 7) is 0. The zero-order chi connectivity index (χ0) is 12.8. The van der Waals surface area contributed by atoms with Crippen molar-refractivity contribution in [2.24, 2.45) is 4.99 Å². The summed E-state index contributed by atoms with van der Waals surface area (Å²) >= 11 is -2.47. The summed E-state index contributed by atoms with van der Waals surface area (Å²) in [6, 6.07) is 0. The van der Waals surface area contributed by atoms with Crippen LogP contribution < -0.4 is 0 Å². The fourth-order valence-corrected chi connectivity index (χ4v) is 9.49. The predicted octanol–water partition coefficient (Wildman–Crippen LogP) is 1.06. The van der Waals surface area contributed by atoms with Crippen LogP contribution in [0.3, 0.4) is 0 Å². The van der Waals surface area contributed by atoms with Crippen molar-refractivity contribution in [2.75, 3.05) is 14.1 Å². The van der Waals surface area contributed by atoms with Gasteiger partial charge in [-0.3, -0.25) is 0 Å². The molecule has 0 saturated heterocycles. The first-order valence-electron chi connectivity index (χ1n) is 3.77. The molecule has 0 spiro atoms. The van der Waals surface area contributed by atoms with E-state index in [1.165, 1.54) is 19.0 Å². The Labute approximate surface area is 98.3 Å². The Bertz CT molecular complexity index is 293. The number of hydrogen-bond acceptors (Lipinski definition) is 2. The van der Waals surface area contributed by atoms with Crippen molar-refractivity contribution in [3.8, 4) is 0 Å². The van der Waals surface area contributed by atoms with Crippen molar-refractivity contribution in [1.82, 2.24) is 4.90 Å². The van der Waals surface area contributed by atoms with Gasteiger partial charge < -0.3 is 0 Å². The summed E-state index contributed by atoms with van der Waals surface area (Å²) in [7, 11) is 2.78. The van der Waals surface area contributed by atoms with E-state index >= 15 is 0 Å². The van der Waals surface area contributed by atoms with Gasteiger partial charge in [0.2, 0.25) is 0 Å². The van der Waals surface area contributed by atoms with E-state index in [2.05, 4.69) is 4.99 Å². The molecule has 1 heterocycles. The Morgan fingerprint density at radius 3 is 1.69 bits per heavy atom. The summed E-state index contributed by atoms with van der Waals surface area (Å²) < 4.78 is 71.2. The standard InChI is InChI=1S/C6H6F6N2Se2/c1-14(2)3-13-4(16-15-3,5(7,8)9)6(10,11)12/h1-2H3. The van der Waals surface area contributed by atoms with Crippen LogP contribution in [0.2, 0.25) is 0 Å². The zero-order valence-electron chi connectivity index (χ0n) is 7.98. The fourth-order valence-electron chi connectivity index (χ4n) is 0.826. The van der Waals surface area contributed by atoms with Gasteiger partial charge in [-0.25, -0.2) is 0 Å². The molecule has 0 atom stereocenters. The van der Waals surface area contributed by atoms with E-state index in [1.807, 2.05) is 0 Å². The summed E-state index contributed by atoms with van der Waals surface area (Å²) in [5.41, 5.74) is 0. The molecule has 1 rings (SSSR count). The first-order chi connectivity index (χ1) is 7.01. The monoisotopic (exact) mass is 380 g/mol. The first-order valence-corrected chi connectivity index (χ1v) is 9.82. The van der Waals surface area contributed by atoms with Gasteiger partial charge in [0, 0.05) is 0 Å². The van der Waals surface area contributed by atoms with E-state index in [1.54, 1.807) is 0 Å². The average molecular weight is 378 g/mol. The number of alkyl halides is 6. The molecule has 0 aromatic rings. The number of rotatable bonds is 0. The van der Waals surface area contributed by atoms with Gasteiger partial charge in [-0.1, -0.05) is 0 Å². The minimum atomic E-state index is -5.37. The molecule has 0 aromatic heterocycles. The van der Waals surface area contributed by atoms with E-state index in [9.17, 15) is 26.3 Å². The molecule has 0 amide bonds. The van der Waals surface area contributed by atoms with Crippen molar-refractivity contribution in [3.05, 3.63) is 0 Å². The van der Waals surface area contributed by atoms with Crippen LogP contribution in [0, 0.1) is 0 Å². The topological polar surface area (TPSA) is 15.6 Å². The van der Waals surface area contributed by atoms with Crippen LogP contribution in [0.4, 0.5) is 26.3 Å². The Hall–Kier alpha value is 0.0890. The second-order valence-corrected chi connectivity index (χ2v) is 9.43. The van der Waals surface area contributed by atoms with Gasteiger partial charge >= 0.3 is 98.1 Å². The molecule has 16 heavy (non-hydrogen) atoms. The molecular formula is C6H6F6N2Se2. The minimum absolute atomic E-state index is 0.0952. The van der Waals surface area contributed by atoms with Crippen LogP contribution in [0.5, 0.6) is 0 Å². The molecule has 94 valence electrons. The van der Waals surface area contributed by atoms with E-state index in [0.29, 0.717) is 0 Å².